The topological polar surface area (TPSA) is 123 Å². The van der Waals surface area contributed by atoms with Crippen LogP contribution >= 0.6 is 11.6 Å². The number of carbonyl (C=O) groups is 4. The molecule has 0 fully saturated rings. The Morgan fingerprint density at radius 2 is 1.28 bits per heavy atom. The second kappa shape index (κ2) is 12.8. The van der Waals surface area contributed by atoms with Crippen LogP contribution in [0.25, 0.3) is 0 Å². The number of hydrogen-bond acceptors (Lipinski definition) is 7. The molecule has 194 valence electrons. The molecule has 0 spiro atoms. The quantitative estimate of drug-likeness (QED) is 0.113. The molecule has 0 saturated heterocycles. The molecule has 0 bridgehead atoms. The molecule has 0 heterocycles. The van der Waals surface area contributed by atoms with Crippen molar-refractivity contribution < 1.29 is 28.7 Å². The number of benzene rings is 4. The van der Waals surface area contributed by atoms with Gasteiger partial charge in [-0.3, -0.25) is 9.59 Å². The highest BCUT2D eigenvalue weighted by molar-refractivity contribution is 6.41. The molecule has 0 atom stereocenters. The Bertz CT molecular complexity index is 1540. The average Bonchev–Trinajstić information content (AvgIpc) is 2.96. The van der Waals surface area contributed by atoms with Gasteiger partial charge in [-0.15, -0.1) is 0 Å². The Labute approximate surface area is 228 Å². The summed E-state index contributed by atoms with van der Waals surface area (Å²) in [5.41, 5.74) is 3.24. The van der Waals surface area contributed by atoms with E-state index < -0.39 is 23.8 Å². The Hall–Kier alpha value is -5.28. The number of carbonyl (C=O) groups excluding carboxylic acids is 4. The van der Waals surface area contributed by atoms with Crippen molar-refractivity contribution in [2.75, 3.05) is 5.32 Å². The van der Waals surface area contributed by atoms with Gasteiger partial charge < -0.3 is 14.8 Å². The van der Waals surface area contributed by atoms with Gasteiger partial charge in [-0.25, -0.2) is 15.0 Å². The van der Waals surface area contributed by atoms with Crippen molar-refractivity contribution in [3.8, 4) is 11.5 Å². The first kappa shape index (κ1) is 26.8. The minimum absolute atomic E-state index is 0.000678. The zero-order valence-electron chi connectivity index (χ0n) is 20.2. The second-order valence-electron chi connectivity index (χ2n) is 7.84. The van der Waals surface area contributed by atoms with E-state index in [1.165, 1.54) is 30.5 Å². The first-order valence-corrected chi connectivity index (χ1v) is 11.9. The fourth-order valence-electron chi connectivity index (χ4n) is 3.20. The summed E-state index contributed by atoms with van der Waals surface area (Å²) in [6.45, 7) is 0. The summed E-state index contributed by atoms with van der Waals surface area (Å²) >= 11 is 5.99. The van der Waals surface area contributed by atoms with Gasteiger partial charge in [0.15, 0.2) is 0 Å². The monoisotopic (exact) mass is 541 g/mol. The molecule has 0 unspecified atom stereocenters. The van der Waals surface area contributed by atoms with Crippen molar-refractivity contribution >= 4 is 47.3 Å². The predicted octanol–water partition coefficient (Wildman–Crippen LogP) is 4.87. The molecule has 4 aromatic carbocycles. The van der Waals surface area contributed by atoms with Crippen LogP contribution in [0.3, 0.4) is 0 Å². The Balaban J connectivity index is 1.50. The molecule has 0 saturated carbocycles. The van der Waals surface area contributed by atoms with E-state index >= 15 is 0 Å². The minimum Gasteiger partial charge on any atom is -0.423 e. The number of nitrogens with one attached hydrogen (secondary N) is 2. The maximum atomic E-state index is 12.7. The van der Waals surface area contributed by atoms with Crippen molar-refractivity contribution in [3.05, 3.63) is 125 Å². The molecule has 4 rings (SSSR count). The summed E-state index contributed by atoms with van der Waals surface area (Å²) in [5, 5.41) is 6.43. The fraction of sp³-hybridized carbons (Fsp3) is 0. The minimum atomic E-state index is -1.05. The standard InChI is InChI=1S/C29H20ClN3O6/c30-23-13-7-8-14-24(23)32-26(34)27(35)33-31-18-21-15-16-22(38-28(36)19-9-3-1-4-10-19)17-25(21)39-29(37)20-11-5-2-6-12-20/h1-18H,(H,32,34)(H,33,35). The number of amides is 2. The molecule has 39 heavy (non-hydrogen) atoms. The van der Waals surface area contributed by atoms with Crippen LogP contribution in [-0.2, 0) is 9.59 Å². The lowest BCUT2D eigenvalue weighted by Crippen LogP contribution is -2.32. The third-order valence-corrected chi connectivity index (χ3v) is 5.44. The van der Waals surface area contributed by atoms with Gasteiger partial charge >= 0.3 is 23.8 Å². The Kier molecular flexibility index (Phi) is 8.79. The van der Waals surface area contributed by atoms with Gasteiger partial charge in [-0.2, -0.15) is 5.10 Å². The third kappa shape index (κ3) is 7.37. The van der Waals surface area contributed by atoms with Gasteiger partial charge in [0.05, 0.1) is 28.1 Å². The third-order valence-electron chi connectivity index (χ3n) is 5.12. The van der Waals surface area contributed by atoms with E-state index in [1.54, 1.807) is 78.9 Å². The van der Waals surface area contributed by atoms with Crippen LogP contribution in [0.5, 0.6) is 11.5 Å². The molecule has 0 aliphatic rings. The van der Waals surface area contributed by atoms with E-state index in [0.717, 1.165) is 0 Å². The van der Waals surface area contributed by atoms with Crippen molar-refractivity contribution in [1.82, 2.24) is 5.43 Å². The van der Waals surface area contributed by atoms with E-state index in [2.05, 4.69) is 15.8 Å². The van der Waals surface area contributed by atoms with Crippen LogP contribution in [0.1, 0.15) is 26.3 Å². The van der Waals surface area contributed by atoms with Gasteiger partial charge in [0, 0.05) is 11.6 Å². The predicted molar refractivity (Wildman–Crippen MR) is 145 cm³/mol. The number of rotatable bonds is 7. The van der Waals surface area contributed by atoms with Crippen molar-refractivity contribution in [2.45, 2.75) is 0 Å². The number of hydrazone groups is 1. The zero-order chi connectivity index (χ0) is 27.6. The molecule has 0 radical (unpaired) electrons. The highest BCUT2D eigenvalue weighted by Gasteiger charge is 2.16. The SMILES string of the molecule is O=C(NN=Cc1ccc(OC(=O)c2ccccc2)cc1OC(=O)c1ccccc1)C(=O)Nc1ccccc1Cl. The van der Waals surface area contributed by atoms with Gasteiger partial charge in [0.25, 0.3) is 0 Å². The first-order chi connectivity index (χ1) is 18.9. The molecule has 0 aliphatic carbocycles. The van der Waals surface area contributed by atoms with Gasteiger partial charge in [0.1, 0.15) is 11.5 Å². The highest BCUT2D eigenvalue weighted by Crippen LogP contribution is 2.26. The molecule has 9 nitrogen and oxygen atoms in total. The lowest BCUT2D eigenvalue weighted by Gasteiger charge is -2.10. The summed E-state index contributed by atoms with van der Waals surface area (Å²) in [4.78, 5) is 49.5. The molecular formula is C29H20ClN3O6. The number of anilines is 1. The summed E-state index contributed by atoms with van der Waals surface area (Å²) in [7, 11) is 0. The zero-order valence-corrected chi connectivity index (χ0v) is 20.9. The van der Waals surface area contributed by atoms with E-state index in [1.807, 2.05) is 0 Å². The molecule has 4 aromatic rings. The lowest BCUT2D eigenvalue weighted by molar-refractivity contribution is -0.136. The smallest absolute Gasteiger partial charge is 0.343 e. The lowest BCUT2D eigenvalue weighted by atomic mass is 10.2. The Morgan fingerprint density at radius 1 is 0.692 bits per heavy atom. The van der Waals surface area contributed by atoms with Crippen LogP contribution in [0, 0.1) is 0 Å². The molecule has 0 aliphatic heterocycles. The number of esters is 2. The molecule has 0 aromatic heterocycles. The number of para-hydroxylation sites is 1. The second-order valence-corrected chi connectivity index (χ2v) is 8.25. The number of nitrogens with zero attached hydrogens (tertiary/aromatic N) is 1. The molecular weight excluding hydrogens is 522 g/mol. The number of hydrogen-bond donors (Lipinski definition) is 2. The van der Waals surface area contributed by atoms with Crippen LogP contribution in [-0.4, -0.2) is 30.0 Å². The fourth-order valence-corrected chi connectivity index (χ4v) is 3.38. The number of ether oxygens (including phenoxy) is 2. The summed E-state index contributed by atoms with van der Waals surface area (Å²) < 4.78 is 10.9. The van der Waals surface area contributed by atoms with Crippen LogP contribution in [0.4, 0.5) is 5.69 Å². The first-order valence-electron chi connectivity index (χ1n) is 11.5. The highest BCUT2D eigenvalue weighted by atomic mass is 35.5. The maximum absolute atomic E-state index is 12.7. The van der Waals surface area contributed by atoms with Gasteiger partial charge in [-0.05, 0) is 48.5 Å². The van der Waals surface area contributed by atoms with Crippen molar-refractivity contribution in [1.29, 1.82) is 0 Å². The number of halogens is 1. The summed E-state index contributed by atoms with van der Waals surface area (Å²) in [6, 6.07) is 27.4. The van der Waals surface area contributed by atoms with Crippen LogP contribution in [0.15, 0.2) is 108 Å². The van der Waals surface area contributed by atoms with E-state index in [4.69, 9.17) is 21.1 Å². The van der Waals surface area contributed by atoms with Crippen LogP contribution < -0.4 is 20.2 Å². The van der Waals surface area contributed by atoms with E-state index in [9.17, 15) is 19.2 Å². The maximum Gasteiger partial charge on any atom is 0.343 e. The summed E-state index contributed by atoms with van der Waals surface area (Å²) in [6.07, 6.45) is 1.18. The van der Waals surface area contributed by atoms with E-state index in [-0.39, 0.29) is 33.3 Å². The van der Waals surface area contributed by atoms with Crippen molar-refractivity contribution in [3.63, 3.8) is 0 Å². The largest absolute Gasteiger partial charge is 0.423 e. The molecule has 10 heteroatoms. The summed E-state index contributed by atoms with van der Waals surface area (Å²) in [5.74, 6) is -3.20. The van der Waals surface area contributed by atoms with E-state index in [0.29, 0.717) is 5.56 Å². The van der Waals surface area contributed by atoms with Gasteiger partial charge in [0.2, 0.25) is 0 Å². The Morgan fingerprint density at radius 3 is 1.92 bits per heavy atom. The normalized spacial score (nSPS) is 10.5. The average molecular weight is 542 g/mol. The molecule has 2 N–H and O–H groups in total. The molecule has 2 amide bonds. The van der Waals surface area contributed by atoms with Crippen molar-refractivity contribution in [2.24, 2.45) is 5.10 Å². The van der Waals surface area contributed by atoms with Crippen LogP contribution in [0.2, 0.25) is 5.02 Å². The van der Waals surface area contributed by atoms with Gasteiger partial charge in [-0.1, -0.05) is 60.1 Å².